The molecule has 78 heavy (non-hydrogen) atoms. The van der Waals surface area contributed by atoms with Crippen LogP contribution in [0.5, 0.6) is 0 Å². The van der Waals surface area contributed by atoms with Crippen molar-refractivity contribution >= 4 is 116 Å². The van der Waals surface area contributed by atoms with E-state index in [2.05, 4.69) is 121 Å². The summed E-state index contributed by atoms with van der Waals surface area (Å²) in [4.78, 5) is 51.7. The molecule has 0 radical (unpaired) electrons. The van der Waals surface area contributed by atoms with Gasteiger partial charge in [-0.25, -0.2) is 9.97 Å². The molecule has 0 spiro atoms. The van der Waals surface area contributed by atoms with Crippen LogP contribution in [0.2, 0.25) is 0 Å². The van der Waals surface area contributed by atoms with Crippen LogP contribution in [0.3, 0.4) is 0 Å². The van der Waals surface area contributed by atoms with Gasteiger partial charge in [0.05, 0.1) is 20.4 Å². The highest BCUT2D eigenvalue weighted by atomic mass is 79.9. The molecule has 0 saturated heterocycles. The number of carbonyl (C=O) groups is 2. The molecule has 20 heteroatoms. The SMILES string of the molecule is CC[C@H](C)NCCC(=O)Nc1sc2c(c1-c1nc3cc(-c4ccncc4)ccc3s1)CCN(C1CC1)C2.CC[C@H](C)NCCC(=O)Nc1sc2c(c1-c1nc3cc(Br)ccc3s1)CCN(C1CC1)C2.OB(O)c1ccncc1. The second-order valence-electron chi connectivity index (χ2n) is 20.7. The van der Waals surface area contributed by atoms with Crippen LogP contribution in [0, 0.1) is 0 Å². The highest BCUT2D eigenvalue weighted by Crippen LogP contribution is 2.49. The van der Waals surface area contributed by atoms with Gasteiger partial charge in [0, 0.05) is 126 Å². The number of carbonyl (C=O) groups excluding carboxylic acids is 2. The van der Waals surface area contributed by atoms with E-state index in [-0.39, 0.29) is 11.8 Å². The van der Waals surface area contributed by atoms with Gasteiger partial charge in [0.2, 0.25) is 11.8 Å². The van der Waals surface area contributed by atoms with E-state index in [0.29, 0.717) is 43.5 Å². The fraction of sp³-hybridized carbons (Fsp3) is 0.414. The van der Waals surface area contributed by atoms with E-state index in [0.717, 1.165) is 122 Å². The minimum absolute atomic E-state index is 0.0655. The minimum atomic E-state index is -1.38. The normalized spacial score (nSPS) is 16.1. The molecule has 2 aliphatic heterocycles. The van der Waals surface area contributed by atoms with Crippen molar-refractivity contribution in [1.29, 1.82) is 0 Å². The molecule has 0 bridgehead atoms. The number of benzene rings is 2. The lowest BCUT2D eigenvalue weighted by Crippen LogP contribution is -2.31. The Morgan fingerprint density at radius 3 is 1.59 bits per heavy atom. The quantitative estimate of drug-likeness (QED) is 0.0448. The second-order valence-corrected chi connectivity index (χ2v) is 25.9. The molecule has 4 aliphatic rings. The smallest absolute Gasteiger partial charge is 0.423 e. The summed E-state index contributed by atoms with van der Waals surface area (Å²) in [5.41, 5.74) is 9.81. The van der Waals surface area contributed by atoms with E-state index in [4.69, 9.17) is 20.0 Å². The van der Waals surface area contributed by atoms with Crippen LogP contribution in [0.1, 0.15) is 99.9 Å². The summed E-state index contributed by atoms with van der Waals surface area (Å²) in [7, 11) is -1.38. The molecule has 2 aromatic carbocycles. The summed E-state index contributed by atoms with van der Waals surface area (Å²) in [5, 5.41) is 34.4. The number of nitrogens with one attached hydrogen (secondary N) is 4. The summed E-state index contributed by atoms with van der Waals surface area (Å²) in [5.74, 6) is 0.138. The number of nitrogens with zero attached hydrogens (tertiary/aromatic N) is 6. The number of aromatic nitrogens is 4. The van der Waals surface area contributed by atoms with Crippen molar-refractivity contribution in [3.05, 3.63) is 111 Å². The molecule has 14 nitrogen and oxygen atoms in total. The number of thiophene rings is 2. The van der Waals surface area contributed by atoms with Crippen LogP contribution in [-0.2, 0) is 35.5 Å². The molecule has 2 amide bonds. The molecule has 8 aromatic rings. The Labute approximate surface area is 481 Å². The van der Waals surface area contributed by atoms with Gasteiger partial charge in [0.25, 0.3) is 0 Å². The van der Waals surface area contributed by atoms with Crippen molar-refractivity contribution in [3.8, 4) is 32.3 Å². The van der Waals surface area contributed by atoms with Crippen molar-refractivity contribution in [2.75, 3.05) is 36.8 Å². The maximum Gasteiger partial charge on any atom is 0.488 e. The number of hydrogen-bond acceptors (Lipinski definition) is 16. The van der Waals surface area contributed by atoms with Crippen molar-refractivity contribution in [1.82, 2.24) is 40.4 Å². The second kappa shape index (κ2) is 26.2. The van der Waals surface area contributed by atoms with Crippen LogP contribution in [0.25, 0.3) is 52.7 Å². The van der Waals surface area contributed by atoms with Crippen LogP contribution >= 0.6 is 61.3 Å². The molecule has 2 atom stereocenters. The lowest BCUT2D eigenvalue weighted by Gasteiger charge is -2.26. The van der Waals surface area contributed by atoms with Gasteiger partial charge in [0.1, 0.15) is 20.0 Å². The zero-order valence-electron chi connectivity index (χ0n) is 44.7. The van der Waals surface area contributed by atoms with Crippen LogP contribution in [0.15, 0.2) is 89.9 Å². The van der Waals surface area contributed by atoms with Crippen molar-refractivity contribution in [3.63, 3.8) is 0 Å². The molecule has 2 aliphatic carbocycles. The van der Waals surface area contributed by atoms with E-state index >= 15 is 0 Å². The standard InChI is InChI=1S/C29H33N5OS2.C24H29BrN4OS2.C5H6BNO2/c1-3-18(2)31-14-10-26(35)33-29-27(22-11-15-34(21-5-6-21)17-25(22)37-29)28-32-23-16-20(4-7-24(23)36-28)19-8-12-30-13-9-19;1-3-14(2)26-10-8-21(30)28-24-22(23-27-18-12-15(25)4-7-19(18)31-23)17-9-11-29(16-5-6-16)13-20(17)32-24;8-6(9)5-1-3-7-4-2-5/h4,7-9,12-13,16,18,21,31H,3,5-6,10-11,14-15,17H2,1-2H3,(H,33,35);4,7,12,14,16,26H,3,5-6,8-11,13H2,1-2H3,(H,28,30);1-4,8-9H/t18-;14-;/m00./s1. The number of fused-ring (bicyclic) bond motifs is 4. The summed E-state index contributed by atoms with van der Waals surface area (Å²) < 4.78 is 3.38. The van der Waals surface area contributed by atoms with E-state index in [1.807, 2.05) is 24.5 Å². The maximum atomic E-state index is 13.0. The molecule has 8 heterocycles. The van der Waals surface area contributed by atoms with Crippen molar-refractivity contribution in [2.45, 2.75) is 129 Å². The summed E-state index contributed by atoms with van der Waals surface area (Å²) in [6, 6.07) is 22.2. The largest absolute Gasteiger partial charge is 0.488 e. The van der Waals surface area contributed by atoms with Gasteiger partial charge in [-0.3, -0.25) is 29.4 Å². The number of hydrogen-bond donors (Lipinski definition) is 6. The van der Waals surface area contributed by atoms with Crippen molar-refractivity contribution < 1.29 is 19.6 Å². The Morgan fingerprint density at radius 1 is 0.654 bits per heavy atom. The topological polar surface area (TPSA) is 181 Å². The first kappa shape index (κ1) is 56.4. The molecule has 408 valence electrons. The van der Waals surface area contributed by atoms with Crippen molar-refractivity contribution in [2.24, 2.45) is 0 Å². The predicted octanol–water partition coefficient (Wildman–Crippen LogP) is 11.1. The zero-order chi connectivity index (χ0) is 54.3. The number of pyridine rings is 2. The number of amides is 2. The first-order valence-electron chi connectivity index (χ1n) is 27.4. The van der Waals surface area contributed by atoms with Gasteiger partial charge in [0.15, 0.2) is 0 Å². The fourth-order valence-corrected chi connectivity index (χ4v) is 14.9. The zero-order valence-corrected chi connectivity index (χ0v) is 49.5. The van der Waals surface area contributed by atoms with E-state index < -0.39 is 7.12 Å². The first-order chi connectivity index (χ1) is 37.9. The molecular weight excluding hydrogens is 1120 g/mol. The molecule has 2 saturated carbocycles. The van der Waals surface area contributed by atoms with Gasteiger partial charge in [-0.2, -0.15) is 0 Å². The molecular formula is C58H68BBrN10O4S4. The third kappa shape index (κ3) is 14.2. The minimum Gasteiger partial charge on any atom is -0.423 e. The summed E-state index contributed by atoms with van der Waals surface area (Å²) in [6.07, 6.45) is 17.1. The fourth-order valence-electron chi connectivity index (χ4n) is 9.81. The average Bonchev–Trinajstić information content (AvgIpc) is 4.43. The average molecular weight is 1190 g/mol. The van der Waals surface area contributed by atoms with Gasteiger partial charge < -0.3 is 31.3 Å². The van der Waals surface area contributed by atoms with E-state index in [9.17, 15) is 9.59 Å². The molecule has 0 unspecified atom stereocenters. The Morgan fingerprint density at radius 2 is 1.13 bits per heavy atom. The Hall–Kier alpha value is -4.84. The Bertz CT molecular complexity index is 3330. The van der Waals surface area contributed by atoms with E-state index in [1.165, 1.54) is 68.4 Å². The number of anilines is 2. The third-order valence-electron chi connectivity index (χ3n) is 14.9. The summed E-state index contributed by atoms with van der Waals surface area (Å²) >= 11 is 10.5. The number of rotatable bonds is 18. The first-order valence-corrected chi connectivity index (χ1v) is 31.4. The lowest BCUT2D eigenvalue weighted by atomic mass is 9.81. The van der Waals surface area contributed by atoms with Crippen LogP contribution in [0.4, 0.5) is 10.0 Å². The van der Waals surface area contributed by atoms with Gasteiger partial charge in [-0.05, 0) is 148 Å². The third-order valence-corrected chi connectivity index (χ3v) is 19.8. The monoisotopic (exact) mass is 1190 g/mol. The molecule has 12 rings (SSSR count). The van der Waals surface area contributed by atoms with Gasteiger partial charge in [-0.15, -0.1) is 45.3 Å². The number of halogens is 1. The van der Waals surface area contributed by atoms with Gasteiger partial charge in [-0.1, -0.05) is 35.8 Å². The maximum absolute atomic E-state index is 13.0. The van der Waals surface area contributed by atoms with Gasteiger partial charge >= 0.3 is 7.12 Å². The predicted molar refractivity (Wildman–Crippen MR) is 327 cm³/mol. The Kier molecular flexibility index (Phi) is 18.9. The Balaban J connectivity index is 0.000000153. The molecule has 2 fully saturated rings. The van der Waals surface area contributed by atoms with Crippen LogP contribution < -0.4 is 26.7 Å². The lowest BCUT2D eigenvalue weighted by molar-refractivity contribution is -0.116. The summed E-state index contributed by atoms with van der Waals surface area (Å²) in [6.45, 7) is 14.2. The number of thiazole rings is 2. The van der Waals surface area contributed by atoms with Crippen LogP contribution in [-0.4, -0.2) is 109 Å². The molecule has 6 aromatic heterocycles. The highest BCUT2D eigenvalue weighted by molar-refractivity contribution is 9.10. The molecule has 6 N–H and O–H groups in total. The van der Waals surface area contributed by atoms with E-state index in [1.54, 1.807) is 57.5 Å². The highest BCUT2D eigenvalue weighted by Gasteiger charge is 2.36.